The van der Waals surface area contributed by atoms with Gasteiger partial charge >= 0.3 is 0 Å². The van der Waals surface area contributed by atoms with Crippen molar-refractivity contribution in [3.8, 4) is 0 Å². The molecule has 0 aromatic heterocycles. The zero-order chi connectivity index (χ0) is 21.3. The van der Waals surface area contributed by atoms with E-state index in [1.807, 2.05) is 0 Å². The molecule has 10 N–H and O–H groups in total. The Balaban J connectivity index is 2.45. The Labute approximate surface area is 159 Å². The molecule has 0 radical (unpaired) electrons. The van der Waals surface area contributed by atoms with Crippen molar-refractivity contribution >= 4 is 0 Å². The lowest BCUT2D eigenvalue weighted by molar-refractivity contribution is -0.438. The van der Waals surface area contributed by atoms with Crippen LogP contribution in [0.1, 0.15) is 6.42 Å². The van der Waals surface area contributed by atoms with Crippen molar-refractivity contribution in [2.45, 2.75) is 66.8 Å². The van der Waals surface area contributed by atoms with E-state index >= 15 is 0 Å². The molecule has 2 rings (SSSR count). The summed E-state index contributed by atoms with van der Waals surface area (Å²) in [4.78, 5) is 0. The van der Waals surface area contributed by atoms with Crippen molar-refractivity contribution in [2.24, 2.45) is 0 Å². The first-order valence-corrected chi connectivity index (χ1v) is 8.69. The highest BCUT2D eigenvalue weighted by Gasteiger charge is 2.63. The van der Waals surface area contributed by atoms with E-state index in [4.69, 9.17) is 19.3 Å². The smallest absolute Gasteiger partial charge is 0.224 e. The molecular formula is C15H28O13. The van der Waals surface area contributed by atoms with Gasteiger partial charge in [0.05, 0.1) is 25.9 Å². The normalized spacial score (nSPS) is 48.0. The van der Waals surface area contributed by atoms with Crippen LogP contribution in [0.5, 0.6) is 0 Å². The summed E-state index contributed by atoms with van der Waals surface area (Å²) in [5, 5.41) is 98.3. The lowest BCUT2D eigenvalue weighted by atomic mass is 9.88. The SMILES string of the molecule is OCC(O)C[C@@]1(OC2(CO)O[C@H](CO)[C@@H](O)[C@@H]2O)O[C@H](CO)[C@@H](O)[C@H](O)[C@H]1O. The van der Waals surface area contributed by atoms with Gasteiger partial charge in [0, 0.05) is 6.42 Å². The maximum absolute atomic E-state index is 10.5. The second kappa shape index (κ2) is 9.09. The number of aliphatic hydroxyl groups is 10. The topological polar surface area (TPSA) is 230 Å². The molecule has 0 saturated carbocycles. The van der Waals surface area contributed by atoms with Crippen LogP contribution in [0, 0.1) is 0 Å². The van der Waals surface area contributed by atoms with E-state index in [-0.39, 0.29) is 0 Å². The molecule has 2 heterocycles. The number of ether oxygens (including phenoxy) is 3. The van der Waals surface area contributed by atoms with Crippen LogP contribution in [-0.4, -0.2) is 138 Å². The van der Waals surface area contributed by atoms with Gasteiger partial charge in [-0.25, -0.2) is 0 Å². The molecule has 13 nitrogen and oxygen atoms in total. The minimum atomic E-state index is -2.50. The van der Waals surface area contributed by atoms with Gasteiger partial charge in [-0.1, -0.05) is 0 Å². The second-order valence-corrected chi connectivity index (χ2v) is 6.96. The minimum Gasteiger partial charge on any atom is -0.394 e. The fraction of sp³-hybridized carbons (Fsp3) is 1.00. The molecule has 0 aromatic carbocycles. The molecule has 2 aliphatic rings. The van der Waals surface area contributed by atoms with Crippen molar-refractivity contribution in [2.75, 3.05) is 26.4 Å². The van der Waals surface area contributed by atoms with Gasteiger partial charge < -0.3 is 65.3 Å². The Kier molecular flexibility index (Phi) is 7.72. The van der Waals surface area contributed by atoms with Crippen molar-refractivity contribution in [1.29, 1.82) is 0 Å². The Morgan fingerprint density at radius 2 is 1.25 bits per heavy atom. The summed E-state index contributed by atoms with van der Waals surface area (Å²) in [6, 6.07) is 0. The monoisotopic (exact) mass is 416 g/mol. The third-order valence-electron chi connectivity index (χ3n) is 5.02. The van der Waals surface area contributed by atoms with Crippen LogP contribution in [0.25, 0.3) is 0 Å². The Hall–Kier alpha value is -0.520. The van der Waals surface area contributed by atoms with Crippen LogP contribution >= 0.6 is 0 Å². The highest BCUT2D eigenvalue weighted by atomic mass is 16.8. The number of hydrogen-bond donors (Lipinski definition) is 10. The summed E-state index contributed by atoms with van der Waals surface area (Å²) in [5.41, 5.74) is 0. The summed E-state index contributed by atoms with van der Waals surface area (Å²) in [5.74, 6) is -4.97. The van der Waals surface area contributed by atoms with Gasteiger partial charge in [0.15, 0.2) is 0 Å². The largest absolute Gasteiger partial charge is 0.394 e. The van der Waals surface area contributed by atoms with E-state index in [0.717, 1.165) is 0 Å². The Morgan fingerprint density at radius 3 is 1.71 bits per heavy atom. The van der Waals surface area contributed by atoms with Gasteiger partial charge in [-0.05, 0) is 0 Å². The van der Waals surface area contributed by atoms with Crippen LogP contribution in [-0.2, 0) is 14.2 Å². The van der Waals surface area contributed by atoms with Gasteiger partial charge in [0.1, 0.15) is 49.3 Å². The molecule has 2 fully saturated rings. The summed E-state index contributed by atoms with van der Waals surface area (Å²) in [7, 11) is 0. The van der Waals surface area contributed by atoms with E-state index in [9.17, 15) is 46.0 Å². The van der Waals surface area contributed by atoms with E-state index in [0.29, 0.717) is 0 Å². The van der Waals surface area contributed by atoms with Crippen molar-refractivity contribution in [3.63, 3.8) is 0 Å². The number of aliphatic hydroxyl groups excluding tert-OH is 10. The van der Waals surface area contributed by atoms with E-state index in [1.54, 1.807) is 0 Å². The molecule has 10 atom stereocenters. The Morgan fingerprint density at radius 1 is 0.750 bits per heavy atom. The molecule has 0 bridgehead atoms. The molecule has 28 heavy (non-hydrogen) atoms. The first-order chi connectivity index (χ1) is 13.1. The number of rotatable bonds is 8. The third-order valence-corrected chi connectivity index (χ3v) is 5.02. The highest BCUT2D eigenvalue weighted by molar-refractivity contribution is 5.03. The van der Waals surface area contributed by atoms with Gasteiger partial charge in [-0.2, -0.15) is 0 Å². The van der Waals surface area contributed by atoms with Gasteiger partial charge in [0.2, 0.25) is 11.6 Å². The molecular weight excluding hydrogens is 388 g/mol. The summed E-state index contributed by atoms with van der Waals surface area (Å²) >= 11 is 0. The minimum absolute atomic E-state index is 0.747. The summed E-state index contributed by atoms with van der Waals surface area (Å²) in [6.45, 7) is -3.55. The van der Waals surface area contributed by atoms with Gasteiger partial charge in [0.25, 0.3) is 0 Å². The Bertz CT molecular complexity index is 506. The predicted octanol–water partition coefficient (Wildman–Crippen LogP) is -6.28. The first kappa shape index (κ1) is 23.8. The summed E-state index contributed by atoms with van der Waals surface area (Å²) < 4.78 is 16.1. The van der Waals surface area contributed by atoms with E-state index in [1.165, 1.54) is 0 Å². The molecule has 2 aliphatic heterocycles. The van der Waals surface area contributed by atoms with Crippen LogP contribution < -0.4 is 0 Å². The molecule has 0 amide bonds. The van der Waals surface area contributed by atoms with Crippen molar-refractivity contribution < 1.29 is 65.3 Å². The standard InChI is InChI=1S/C15H28O13/c16-2-6(20)1-14(13(25)11(23)9(21)7(3-17)26-14)28-15(5-19)12(24)10(22)8(4-18)27-15/h6-13,16-25H,1-5H2/t6?,7-,8-,9-,10-,11+,12+,13-,14+,15?/m1/s1. The predicted molar refractivity (Wildman–Crippen MR) is 85.3 cm³/mol. The average Bonchev–Trinajstić information content (AvgIpc) is 2.93. The third kappa shape index (κ3) is 4.04. The molecule has 0 spiro atoms. The zero-order valence-electron chi connectivity index (χ0n) is 14.9. The van der Waals surface area contributed by atoms with Gasteiger partial charge in [-0.15, -0.1) is 0 Å². The van der Waals surface area contributed by atoms with Gasteiger partial charge in [-0.3, -0.25) is 0 Å². The molecule has 166 valence electrons. The lowest BCUT2D eigenvalue weighted by Crippen LogP contribution is -2.70. The van der Waals surface area contributed by atoms with Crippen molar-refractivity contribution in [3.05, 3.63) is 0 Å². The van der Waals surface area contributed by atoms with Crippen molar-refractivity contribution in [1.82, 2.24) is 0 Å². The molecule has 0 aromatic rings. The second-order valence-electron chi connectivity index (χ2n) is 6.96. The average molecular weight is 416 g/mol. The maximum atomic E-state index is 10.5. The van der Waals surface area contributed by atoms with Crippen LogP contribution in [0.3, 0.4) is 0 Å². The first-order valence-electron chi connectivity index (χ1n) is 8.69. The van der Waals surface area contributed by atoms with Crippen LogP contribution in [0.4, 0.5) is 0 Å². The molecule has 2 unspecified atom stereocenters. The highest BCUT2D eigenvalue weighted by Crippen LogP contribution is 2.42. The van der Waals surface area contributed by atoms with E-state index in [2.05, 4.69) is 0 Å². The molecule has 13 heteroatoms. The maximum Gasteiger partial charge on any atom is 0.224 e. The summed E-state index contributed by atoms with van der Waals surface area (Å²) in [6.07, 6.45) is -14.7. The number of hydrogen-bond acceptors (Lipinski definition) is 13. The fourth-order valence-electron chi connectivity index (χ4n) is 3.44. The van der Waals surface area contributed by atoms with Crippen LogP contribution in [0.2, 0.25) is 0 Å². The fourth-order valence-corrected chi connectivity index (χ4v) is 3.44. The van der Waals surface area contributed by atoms with E-state index < -0.39 is 93.3 Å². The lowest BCUT2D eigenvalue weighted by Gasteiger charge is -2.51. The quantitative estimate of drug-likeness (QED) is 0.178. The molecule has 2 saturated heterocycles. The zero-order valence-corrected chi connectivity index (χ0v) is 14.9. The molecule has 0 aliphatic carbocycles. The van der Waals surface area contributed by atoms with Crippen LogP contribution in [0.15, 0.2) is 0 Å².